The quantitative estimate of drug-likeness (QED) is 0.770. The van der Waals surface area contributed by atoms with Crippen LogP contribution in [0.4, 0.5) is 10.1 Å². The van der Waals surface area contributed by atoms with E-state index in [1.165, 1.54) is 12.1 Å². The lowest BCUT2D eigenvalue weighted by molar-refractivity contribution is -0.126. The van der Waals surface area contributed by atoms with Crippen LogP contribution in [-0.2, 0) is 4.79 Å². The van der Waals surface area contributed by atoms with Crippen LogP contribution < -0.4 is 9.64 Å². The molecule has 136 valence electrons. The molecule has 1 saturated heterocycles. The fraction of sp³-hybridized carbons (Fsp3) is 0.286. The van der Waals surface area contributed by atoms with E-state index in [-0.39, 0.29) is 11.7 Å². The van der Waals surface area contributed by atoms with Gasteiger partial charge in [0.1, 0.15) is 11.6 Å². The van der Waals surface area contributed by atoms with Gasteiger partial charge in [-0.3, -0.25) is 4.79 Å². The molecule has 26 heavy (non-hydrogen) atoms. The normalized spacial score (nSPS) is 14.7. The maximum Gasteiger partial charge on any atom is 0.246 e. The Balaban J connectivity index is 1.58. The van der Waals surface area contributed by atoms with Crippen molar-refractivity contribution < 1.29 is 13.9 Å². The Labute approximate surface area is 153 Å². The molecule has 5 heteroatoms. The number of rotatable bonds is 5. The number of carbonyl (C=O) groups is 1. The van der Waals surface area contributed by atoms with Crippen molar-refractivity contribution in [3.8, 4) is 5.75 Å². The molecule has 1 aliphatic heterocycles. The molecular weight excluding hydrogens is 331 g/mol. The van der Waals surface area contributed by atoms with Crippen LogP contribution in [0.3, 0.4) is 0 Å². The summed E-state index contributed by atoms with van der Waals surface area (Å²) in [5, 5.41) is 0. The van der Waals surface area contributed by atoms with Crippen molar-refractivity contribution in [1.29, 1.82) is 0 Å². The maximum absolute atomic E-state index is 13.0. The minimum absolute atomic E-state index is 0.00458. The van der Waals surface area contributed by atoms with E-state index < -0.39 is 0 Å². The third-order valence-electron chi connectivity index (χ3n) is 4.41. The van der Waals surface area contributed by atoms with Crippen LogP contribution in [0.1, 0.15) is 12.5 Å². The largest absolute Gasteiger partial charge is 0.493 e. The van der Waals surface area contributed by atoms with E-state index in [4.69, 9.17) is 4.74 Å². The molecule has 1 amide bonds. The molecule has 0 spiro atoms. The topological polar surface area (TPSA) is 32.8 Å². The Morgan fingerprint density at radius 1 is 1.08 bits per heavy atom. The van der Waals surface area contributed by atoms with Gasteiger partial charge in [0.05, 0.1) is 6.61 Å². The van der Waals surface area contributed by atoms with Gasteiger partial charge in [-0.05, 0) is 43.3 Å². The molecule has 0 radical (unpaired) electrons. The van der Waals surface area contributed by atoms with Gasteiger partial charge in [-0.25, -0.2) is 4.39 Å². The highest BCUT2D eigenvalue weighted by atomic mass is 19.1. The Morgan fingerprint density at radius 2 is 1.77 bits per heavy atom. The lowest BCUT2D eigenvalue weighted by atomic mass is 10.2. The smallest absolute Gasteiger partial charge is 0.246 e. The molecule has 0 aliphatic carbocycles. The van der Waals surface area contributed by atoms with E-state index in [1.54, 1.807) is 24.3 Å². The second-order valence-electron chi connectivity index (χ2n) is 6.09. The number of anilines is 1. The number of benzene rings is 2. The van der Waals surface area contributed by atoms with Gasteiger partial charge >= 0.3 is 0 Å². The number of halogens is 1. The van der Waals surface area contributed by atoms with Crippen LogP contribution >= 0.6 is 0 Å². The Bertz CT molecular complexity index is 766. The summed E-state index contributed by atoms with van der Waals surface area (Å²) >= 11 is 0. The van der Waals surface area contributed by atoms with Gasteiger partial charge in [0.15, 0.2) is 0 Å². The van der Waals surface area contributed by atoms with Gasteiger partial charge in [-0.1, -0.05) is 18.2 Å². The summed E-state index contributed by atoms with van der Waals surface area (Å²) in [5.41, 5.74) is 1.88. The number of ether oxygens (including phenoxy) is 1. The molecule has 0 bridgehead atoms. The summed E-state index contributed by atoms with van der Waals surface area (Å²) in [4.78, 5) is 16.5. The highest BCUT2D eigenvalue weighted by molar-refractivity contribution is 5.92. The first-order chi connectivity index (χ1) is 12.7. The van der Waals surface area contributed by atoms with Crippen LogP contribution in [0.2, 0.25) is 0 Å². The predicted octanol–water partition coefficient (Wildman–Crippen LogP) is 3.59. The Hall–Kier alpha value is -2.82. The van der Waals surface area contributed by atoms with Crippen LogP contribution in [0.25, 0.3) is 6.08 Å². The number of nitrogens with zero attached hydrogens (tertiary/aromatic N) is 2. The van der Waals surface area contributed by atoms with Crippen LogP contribution in [0.15, 0.2) is 54.6 Å². The molecule has 1 fully saturated rings. The minimum Gasteiger partial charge on any atom is -0.493 e. The summed E-state index contributed by atoms with van der Waals surface area (Å²) in [6.45, 7) is 5.29. The lowest BCUT2D eigenvalue weighted by Crippen LogP contribution is -2.48. The summed E-state index contributed by atoms with van der Waals surface area (Å²) in [7, 11) is 0. The monoisotopic (exact) mass is 354 g/mol. The first kappa shape index (κ1) is 18.0. The van der Waals surface area contributed by atoms with Crippen LogP contribution in [-0.4, -0.2) is 43.6 Å². The van der Waals surface area contributed by atoms with Crippen molar-refractivity contribution in [2.75, 3.05) is 37.7 Å². The van der Waals surface area contributed by atoms with Gasteiger partial charge in [-0.2, -0.15) is 0 Å². The summed E-state index contributed by atoms with van der Waals surface area (Å²) < 4.78 is 18.6. The second kappa shape index (κ2) is 8.52. The summed E-state index contributed by atoms with van der Waals surface area (Å²) in [5.74, 6) is 0.537. The Morgan fingerprint density at radius 3 is 2.46 bits per heavy atom. The van der Waals surface area contributed by atoms with E-state index >= 15 is 0 Å². The van der Waals surface area contributed by atoms with E-state index in [2.05, 4.69) is 4.90 Å². The van der Waals surface area contributed by atoms with E-state index in [1.807, 2.05) is 36.1 Å². The van der Waals surface area contributed by atoms with E-state index in [0.717, 1.165) is 30.1 Å². The van der Waals surface area contributed by atoms with Crippen molar-refractivity contribution >= 4 is 17.7 Å². The molecule has 0 unspecified atom stereocenters. The average molecular weight is 354 g/mol. The zero-order chi connectivity index (χ0) is 18.4. The first-order valence-electron chi connectivity index (χ1n) is 8.86. The molecule has 0 N–H and O–H groups in total. The highest BCUT2D eigenvalue weighted by Crippen LogP contribution is 2.20. The maximum atomic E-state index is 13.0. The fourth-order valence-electron chi connectivity index (χ4n) is 3.01. The zero-order valence-electron chi connectivity index (χ0n) is 14.9. The van der Waals surface area contributed by atoms with Gasteiger partial charge in [-0.15, -0.1) is 0 Å². The minimum atomic E-state index is -0.236. The predicted molar refractivity (Wildman–Crippen MR) is 102 cm³/mol. The Kier molecular flexibility index (Phi) is 5.89. The molecular formula is C21H23FN2O2. The van der Waals surface area contributed by atoms with Crippen LogP contribution in [0, 0.1) is 5.82 Å². The number of hydrogen-bond donors (Lipinski definition) is 0. The number of amides is 1. The fourth-order valence-corrected chi connectivity index (χ4v) is 3.01. The molecule has 4 nitrogen and oxygen atoms in total. The van der Waals surface area contributed by atoms with E-state index in [9.17, 15) is 9.18 Å². The molecule has 1 heterocycles. The SMILES string of the molecule is CCOc1ccccc1/C=C/C(=O)N1CCN(c2ccc(F)cc2)CC1. The van der Waals surface area contributed by atoms with Crippen molar-refractivity contribution in [2.45, 2.75) is 6.92 Å². The third-order valence-corrected chi connectivity index (χ3v) is 4.41. The molecule has 0 atom stereocenters. The number of carbonyl (C=O) groups excluding carboxylic acids is 1. The standard InChI is InChI=1S/C21H23FN2O2/c1-2-26-20-6-4-3-5-17(20)7-12-21(25)24-15-13-23(14-16-24)19-10-8-18(22)9-11-19/h3-12H,2,13-16H2,1H3/b12-7+. The highest BCUT2D eigenvalue weighted by Gasteiger charge is 2.19. The second-order valence-corrected chi connectivity index (χ2v) is 6.09. The van der Waals surface area contributed by atoms with Crippen molar-refractivity contribution in [2.24, 2.45) is 0 Å². The molecule has 0 saturated carbocycles. The zero-order valence-corrected chi connectivity index (χ0v) is 14.9. The lowest BCUT2D eigenvalue weighted by Gasteiger charge is -2.35. The number of para-hydroxylation sites is 1. The van der Waals surface area contributed by atoms with Crippen molar-refractivity contribution in [3.63, 3.8) is 0 Å². The molecule has 3 rings (SSSR count). The number of hydrogen-bond acceptors (Lipinski definition) is 3. The van der Waals surface area contributed by atoms with Gasteiger partial charge in [0, 0.05) is 43.5 Å². The van der Waals surface area contributed by atoms with Crippen molar-refractivity contribution in [1.82, 2.24) is 4.90 Å². The van der Waals surface area contributed by atoms with Crippen LogP contribution in [0.5, 0.6) is 5.75 Å². The third kappa shape index (κ3) is 4.42. The van der Waals surface area contributed by atoms with Gasteiger partial charge in [0.25, 0.3) is 0 Å². The summed E-state index contributed by atoms with van der Waals surface area (Å²) in [6.07, 6.45) is 3.41. The molecule has 2 aromatic rings. The average Bonchev–Trinajstić information content (AvgIpc) is 2.68. The molecule has 1 aliphatic rings. The first-order valence-corrected chi connectivity index (χ1v) is 8.86. The summed E-state index contributed by atoms with van der Waals surface area (Å²) in [6, 6.07) is 14.1. The van der Waals surface area contributed by atoms with E-state index in [0.29, 0.717) is 19.7 Å². The van der Waals surface area contributed by atoms with Gasteiger partial charge in [0.2, 0.25) is 5.91 Å². The van der Waals surface area contributed by atoms with Gasteiger partial charge < -0.3 is 14.5 Å². The molecule has 0 aromatic heterocycles. The molecule has 2 aromatic carbocycles. The van der Waals surface area contributed by atoms with Crippen molar-refractivity contribution in [3.05, 3.63) is 66.0 Å². The number of piperazine rings is 1.